The summed E-state index contributed by atoms with van der Waals surface area (Å²) in [6.45, 7) is 8.34. The molecule has 4 nitrogen and oxygen atoms in total. The van der Waals surface area contributed by atoms with Gasteiger partial charge in [0.15, 0.2) is 0 Å². The maximum Gasteiger partial charge on any atom is 0.367 e. The molecule has 134 valence electrons. The van der Waals surface area contributed by atoms with E-state index in [0.29, 0.717) is 23.6 Å². The standard InChI is InChI=1S/C20H26N2O2S/c1-4-24-20(23)19-21-17(13-25-19)12-22(18-9-10-18)11-15-5-7-16(8-6-15)14(2)3/h5-8,13-14,18H,4,9-12H2,1-3H3. The van der Waals surface area contributed by atoms with E-state index in [0.717, 1.165) is 18.8 Å². The second-order valence-electron chi connectivity index (χ2n) is 6.90. The van der Waals surface area contributed by atoms with Gasteiger partial charge in [0, 0.05) is 24.5 Å². The Bertz CT molecular complexity index is 705. The maximum atomic E-state index is 11.8. The van der Waals surface area contributed by atoms with Crippen LogP contribution in [0.3, 0.4) is 0 Å². The van der Waals surface area contributed by atoms with Gasteiger partial charge in [-0.3, -0.25) is 4.90 Å². The van der Waals surface area contributed by atoms with Crippen LogP contribution in [0.4, 0.5) is 0 Å². The van der Waals surface area contributed by atoms with Gasteiger partial charge in [-0.2, -0.15) is 0 Å². The Balaban J connectivity index is 1.65. The number of carbonyl (C=O) groups is 1. The van der Waals surface area contributed by atoms with Crippen LogP contribution >= 0.6 is 11.3 Å². The Morgan fingerprint density at radius 1 is 1.28 bits per heavy atom. The fourth-order valence-corrected chi connectivity index (χ4v) is 3.57. The monoisotopic (exact) mass is 358 g/mol. The van der Waals surface area contributed by atoms with Gasteiger partial charge in [-0.05, 0) is 36.8 Å². The number of hydrogen-bond acceptors (Lipinski definition) is 5. The van der Waals surface area contributed by atoms with Crippen LogP contribution in [0.5, 0.6) is 0 Å². The highest BCUT2D eigenvalue weighted by molar-refractivity contribution is 7.11. The molecule has 0 radical (unpaired) electrons. The second-order valence-corrected chi connectivity index (χ2v) is 7.76. The molecule has 0 aliphatic heterocycles. The molecular formula is C20H26N2O2S. The number of hydrogen-bond donors (Lipinski definition) is 0. The highest BCUT2D eigenvalue weighted by atomic mass is 32.1. The lowest BCUT2D eigenvalue weighted by atomic mass is 10.0. The van der Waals surface area contributed by atoms with E-state index in [-0.39, 0.29) is 5.97 Å². The van der Waals surface area contributed by atoms with Gasteiger partial charge >= 0.3 is 5.97 Å². The van der Waals surface area contributed by atoms with Crippen molar-refractivity contribution in [3.63, 3.8) is 0 Å². The minimum Gasteiger partial charge on any atom is -0.461 e. The molecule has 0 amide bonds. The summed E-state index contributed by atoms with van der Waals surface area (Å²) in [4.78, 5) is 18.7. The predicted octanol–water partition coefficient (Wildman–Crippen LogP) is 4.61. The van der Waals surface area contributed by atoms with Crippen LogP contribution in [0.1, 0.15) is 66.2 Å². The third kappa shape index (κ3) is 4.89. The molecular weight excluding hydrogens is 332 g/mol. The molecule has 5 heteroatoms. The molecule has 0 saturated heterocycles. The van der Waals surface area contributed by atoms with Gasteiger partial charge in [0.2, 0.25) is 5.01 Å². The Morgan fingerprint density at radius 3 is 2.60 bits per heavy atom. The largest absolute Gasteiger partial charge is 0.461 e. The lowest BCUT2D eigenvalue weighted by molar-refractivity contribution is 0.0525. The molecule has 2 aromatic rings. The van der Waals surface area contributed by atoms with Gasteiger partial charge in [0.1, 0.15) is 0 Å². The molecule has 0 atom stereocenters. The van der Waals surface area contributed by atoms with Crippen LogP contribution in [0, 0.1) is 0 Å². The molecule has 1 aliphatic rings. The van der Waals surface area contributed by atoms with Gasteiger partial charge in [0.25, 0.3) is 0 Å². The number of nitrogens with zero attached hydrogens (tertiary/aromatic N) is 2. The number of esters is 1. The highest BCUT2D eigenvalue weighted by Crippen LogP contribution is 2.30. The lowest BCUT2D eigenvalue weighted by Gasteiger charge is -2.21. The molecule has 0 unspecified atom stereocenters. The predicted molar refractivity (Wildman–Crippen MR) is 101 cm³/mol. The van der Waals surface area contributed by atoms with E-state index < -0.39 is 0 Å². The van der Waals surface area contributed by atoms with Gasteiger partial charge in [-0.25, -0.2) is 9.78 Å². The summed E-state index contributed by atoms with van der Waals surface area (Å²) in [6.07, 6.45) is 2.50. The van der Waals surface area contributed by atoms with Crippen molar-refractivity contribution in [1.82, 2.24) is 9.88 Å². The average molecular weight is 359 g/mol. The number of aromatic nitrogens is 1. The van der Waals surface area contributed by atoms with Crippen molar-refractivity contribution in [2.75, 3.05) is 6.61 Å². The number of thiazole rings is 1. The molecule has 0 bridgehead atoms. The Morgan fingerprint density at radius 2 is 2.00 bits per heavy atom. The topological polar surface area (TPSA) is 42.4 Å². The zero-order valence-electron chi connectivity index (χ0n) is 15.2. The first-order valence-corrected chi connectivity index (χ1v) is 9.89. The van der Waals surface area contributed by atoms with Crippen molar-refractivity contribution in [3.8, 4) is 0 Å². The maximum absolute atomic E-state index is 11.8. The molecule has 0 spiro atoms. The van der Waals surface area contributed by atoms with Crippen molar-refractivity contribution < 1.29 is 9.53 Å². The normalized spacial score (nSPS) is 14.3. The molecule has 1 saturated carbocycles. The van der Waals surface area contributed by atoms with Crippen LogP contribution in [0.15, 0.2) is 29.6 Å². The third-order valence-electron chi connectivity index (χ3n) is 4.46. The van der Waals surface area contributed by atoms with Gasteiger partial charge < -0.3 is 4.74 Å². The Labute approximate surface area is 153 Å². The summed E-state index contributed by atoms with van der Waals surface area (Å²) in [5, 5.41) is 2.43. The number of benzene rings is 1. The van der Waals surface area contributed by atoms with Crippen LogP contribution in [-0.4, -0.2) is 28.5 Å². The SMILES string of the molecule is CCOC(=O)c1nc(CN(Cc2ccc(C(C)C)cc2)C2CC2)cs1. The van der Waals surface area contributed by atoms with E-state index in [1.165, 1.54) is 35.3 Å². The van der Waals surface area contributed by atoms with Gasteiger partial charge in [-0.1, -0.05) is 38.1 Å². The quantitative estimate of drug-likeness (QED) is 0.646. The van der Waals surface area contributed by atoms with Crippen molar-refractivity contribution in [2.45, 2.75) is 58.7 Å². The van der Waals surface area contributed by atoms with Crippen LogP contribution in [-0.2, 0) is 17.8 Å². The first kappa shape index (κ1) is 18.1. The van der Waals surface area contributed by atoms with Crippen molar-refractivity contribution in [1.29, 1.82) is 0 Å². The summed E-state index contributed by atoms with van der Waals surface area (Å²) in [5.41, 5.74) is 3.66. The number of carbonyl (C=O) groups excluding carboxylic acids is 1. The molecule has 0 N–H and O–H groups in total. The fourth-order valence-electron chi connectivity index (χ4n) is 2.87. The molecule has 25 heavy (non-hydrogen) atoms. The minimum absolute atomic E-state index is 0.319. The zero-order valence-corrected chi connectivity index (χ0v) is 16.0. The van der Waals surface area contributed by atoms with E-state index in [4.69, 9.17) is 4.74 Å². The summed E-state index contributed by atoms with van der Waals surface area (Å²) in [5.74, 6) is 0.242. The fraction of sp³-hybridized carbons (Fsp3) is 0.500. The van der Waals surface area contributed by atoms with Crippen LogP contribution in [0.2, 0.25) is 0 Å². The number of rotatable bonds is 8. The van der Waals surface area contributed by atoms with Gasteiger partial charge in [0.05, 0.1) is 12.3 Å². The Kier molecular flexibility index (Phi) is 5.86. The second kappa shape index (κ2) is 8.11. The first-order valence-electron chi connectivity index (χ1n) is 9.01. The summed E-state index contributed by atoms with van der Waals surface area (Å²) in [6, 6.07) is 9.56. The molecule has 1 heterocycles. The van der Waals surface area contributed by atoms with E-state index in [1.54, 1.807) is 0 Å². The van der Waals surface area contributed by atoms with Crippen molar-refractivity contribution >= 4 is 17.3 Å². The van der Waals surface area contributed by atoms with Crippen LogP contribution in [0.25, 0.3) is 0 Å². The first-order chi connectivity index (χ1) is 12.1. The lowest BCUT2D eigenvalue weighted by Crippen LogP contribution is -2.25. The molecule has 1 aromatic carbocycles. The minimum atomic E-state index is -0.319. The van der Waals surface area contributed by atoms with Crippen molar-refractivity contribution in [2.24, 2.45) is 0 Å². The average Bonchev–Trinajstić information content (AvgIpc) is 3.34. The number of ether oxygens (including phenoxy) is 1. The summed E-state index contributed by atoms with van der Waals surface area (Å²) < 4.78 is 5.03. The smallest absolute Gasteiger partial charge is 0.367 e. The van der Waals surface area contributed by atoms with Crippen molar-refractivity contribution in [3.05, 3.63) is 51.5 Å². The summed E-state index contributed by atoms with van der Waals surface area (Å²) >= 11 is 1.37. The molecule has 1 aliphatic carbocycles. The van der Waals surface area contributed by atoms with Crippen LogP contribution < -0.4 is 0 Å². The van der Waals surface area contributed by atoms with E-state index >= 15 is 0 Å². The van der Waals surface area contributed by atoms with E-state index in [9.17, 15) is 4.79 Å². The summed E-state index contributed by atoms with van der Waals surface area (Å²) in [7, 11) is 0. The third-order valence-corrected chi connectivity index (χ3v) is 5.33. The van der Waals surface area contributed by atoms with E-state index in [2.05, 4.69) is 48.0 Å². The zero-order chi connectivity index (χ0) is 17.8. The van der Waals surface area contributed by atoms with Gasteiger partial charge in [-0.15, -0.1) is 11.3 Å². The molecule has 1 aromatic heterocycles. The molecule has 3 rings (SSSR count). The highest BCUT2D eigenvalue weighted by Gasteiger charge is 2.29. The van der Waals surface area contributed by atoms with E-state index in [1.807, 2.05) is 12.3 Å². The Hall–Kier alpha value is -1.72. The molecule has 1 fully saturated rings.